The number of carbonyl (C=O) groups is 1. The third-order valence-corrected chi connectivity index (χ3v) is 12.9. The molecule has 1 aromatic heterocycles. The number of nitrogens with two attached hydrogens (primary N) is 1. The summed E-state index contributed by atoms with van der Waals surface area (Å²) in [6.07, 6.45) is -0.242. The maximum atomic E-state index is 13.9. The van der Waals surface area contributed by atoms with E-state index in [1.165, 1.54) is 0 Å². The molecule has 2 aromatic rings. The first kappa shape index (κ1) is 36.4. The van der Waals surface area contributed by atoms with E-state index in [0.29, 0.717) is 23.5 Å². The van der Waals surface area contributed by atoms with Gasteiger partial charge in [0.25, 0.3) is 5.92 Å². The summed E-state index contributed by atoms with van der Waals surface area (Å²) < 4.78 is 85.0. The summed E-state index contributed by atoms with van der Waals surface area (Å²) in [6, 6.07) is 5.92. The molecule has 1 unspecified atom stereocenters. The first-order valence-corrected chi connectivity index (χ1v) is 21.5. The highest BCUT2D eigenvalue weighted by Crippen LogP contribution is 2.55. The van der Waals surface area contributed by atoms with Crippen molar-refractivity contribution in [3.05, 3.63) is 29.6 Å². The molecular formula is C33H50F4N4O4SSi. The van der Waals surface area contributed by atoms with Crippen LogP contribution < -0.4 is 10.5 Å². The van der Waals surface area contributed by atoms with Crippen molar-refractivity contribution in [1.29, 1.82) is 0 Å². The second kappa shape index (κ2) is 13.4. The van der Waals surface area contributed by atoms with Crippen LogP contribution in [-0.4, -0.2) is 63.7 Å². The van der Waals surface area contributed by atoms with Gasteiger partial charge in [0, 0.05) is 46.3 Å². The van der Waals surface area contributed by atoms with E-state index in [1.807, 2.05) is 43.5 Å². The molecule has 3 saturated carbocycles. The van der Waals surface area contributed by atoms with Gasteiger partial charge < -0.3 is 19.8 Å². The lowest BCUT2D eigenvalue weighted by atomic mass is 9.65. The molecule has 0 aliphatic heterocycles. The Morgan fingerprint density at radius 1 is 1.11 bits per heavy atom. The second-order valence-corrected chi connectivity index (χ2v) is 23.7. The normalized spacial score (nSPS) is 22.8. The largest absolute Gasteiger partial charge is 0.376 e. The number of amides is 1. The van der Waals surface area contributed by atoms with Crippen molar-refractivity contribution in [3.8, 4) is 0 Å². The Balaban J connectivity index is 1.52. The van der Waals surface area contributed by atoms with Crippen LogP contribution in [0.15, 0.2) is 18.2 Å². The summed E-state index contributed by atoms with van der Waals surface area (Å²) >= 11 is 0. The van der Waals surface area contributed by atoms with Gasteiger partial charge in [0.05, 0.1) is 39.5 Å². The fraction of sp³-hybridized carbons (Fsp3) is 0.758. The Labute approximate surface area is 278 Å². The second-order valence-electron chi connectivity index (χ2n) is 16.1. The van der Waals surface area contributed by atoms with Gasteiger partial charge in [-0.05, 0) is 75.1 Å². The Morgan fingerprint density at radius 3 is 2.28 bits per heavy atom. The van der Waals surface area contributed by atoms with Crippen molar-refractivity contribution in [1.82, 2.24) is 14.3 Å². The van der Waals surface area contributed by atoms with Crippen LogP contribution >= 0.6 is 0 Å². The van der Waals surface area contributed by atoms with Gasteiger partial charge in [-0.2, -0.15) is 0 Å². The van der Waals surface area contributed by atoms with E-state index in [2.05, 4.69) is 24.4 Å². The fourth-order valence-electron chi connectivity index (χ4n) is 6.62. The summed E-state index contributed by atoms with van der Waals surface area (Å²) in [6.45, 7) is 12.9. The lowest BCUT2D eigenvalue weighted by Crippen LogP contribution is -2.46. The van der Waals surface area contributed by atoms with Crippen molar-refractivity contribution in [2.24, 2.45) is 23.5 Å². The van der Waals surface area contributed by atoms with Crippen molar-refractivity contribution < 1.29 is 36.0 Å². The molecule has 1 heterocycles. The predicted octanol–water partition coefficient (Wildman–Crippen LogP) is 6.90. The van der Waals surface area contributed by atoms with Crippen LogP contribution in [0.4, 0.5) is 17.6 Å². The molecule has 8 nitrogen and oxygen atoms in total. The van der Waals surface area contributed by atoms with Crippen LogP contribution in [-0.2, 0) is 32.0 Å². The molecule has 264 valence electrons. The van der Waals surface area contributed by atoms with Gasteiger partial charge in [-0.25, -0.2) is 31.5 Å². The van der Waals surface area contributed by atoms with E-state index < -0.39 is 65.5 Å². The molecule has 5 rings (SSSR count). The average Bonchev–Trinajstić information content (AvgIpc) is 3.68. The van der Waals surface area contributed by atoms with Gasteiger partial charge in [-0.3, -0.25) is 4.79 Å². The highest BCUT2D eigenvalue weighted by atomic mass is 32.2. The number of rotatable bonds is 16. The third-order valence-electron chi connectivity index (χ3n) is 9.55. The number of hydrogen-bond donors (Lipinski definition) is 2. The van der Waals surface area contributed by atoms with E-state index in [0.717, 1.165) is 24.4 Å². The molecular weight excluding hydrogens is 653 g/mol. The molecule has 1 aromatic carbocycles. The quantitative estimate of drug-likeness (QED) is 0.113. The molecule has 14 heteroatoms. The molecule has 0 saturated heterocycles. The zero-order chi connectivity index (χ0) is 34.5. The summed E-state index contributed by atoms with van der Waals surface area (Å²) in [5, 5.41) is 0. The first-order chi connectivity index (χ1) is 21.7. The first-order valence-electron chi connectivity index (χ1n) is 16.7. The number of nitrogens with one attached hydrogen (secondary N) is 1. The molecule has 0 spiro atoms. The van der Waals surface area contributed by atoms with Gasteiger partial charge >= 0.3 is 0 Å². The zero-order valence-electron chi connectivity index (χ0n) is 28.3. The number of fused-ring (bicyclic) bond motifs is 1. The fourth-order valence-corrected chi connectivity index (χ4v) is 8.16. The van der Waals surface area contributed by atoms with Gasteiger partial charge in [-0.1, -0.05) is 25.7 Å². The molecule has 47 heavy (non-hydrogen) atoms. The van der Waals surface area contributed by atoms with Crippen molar-refractivity contribution in [2.45, 2.75) is 126 Å². The number of hydrogen-bond acceptors (Lipinski definition) is 5. The maximum Gasteiger partial charge on any atom is 0.253 e. The van der Waals surface area contributed by atoms with Crippen molar-refractivity contribution in [3.63, 3.8) is 0 Å². The number of imidazole rings is 1. The SMILES string of the molecule is CC(C)(C)[S@@](=O)N[C@@H](COC1CC(F)(F)C1)c1nc2ccc([C@H](C3CC3)C(C(N)=O)C3CC(F)(F)C3)cc2n1COCC[Si](C)(C)C. The summed E-state index contributed by atoms with van der Waals surface area (Å²) in [7, 11) is -2.94. The Kier molecular flexibility index (Phi) is 10.4. The van der Waals surface area contributed by atoms with Crippen molar-refractivity contribution >= 4 is 36.0 Å². The molecule has 0 radical (unpaired) electrons. The monoisotopic (exact) mass is 702 g/mol. The number of halogens is 4. The number of benzene rings is 1. The topological polar surface area (TPSA) is 108 Å². The Hall–Kier alpha value is -1.87. The molecule has 4 atom stereocenters. The van der Waals surface area contributed by atoms with Gasteiger partial charge in [0.15, 0.2) is 0 Å². The standard InChI is InChI=1S/C33H50F4N4O4SSi/c1-31(2,3)46(43)40-25(18-45-23-16-33(36,37)17-23)30-39-24-10-9-21(13-26(24)41(30)19-44-11-12-47(4,5)6)27(20-7-8-20)28(29(38)42)22-14-32(34,35)15-22/h9-10,13,20,22-23,25,27-28,40H,7-8,11-12,14-19H2,1-6H3,(H2,38,42)/t25-,27-,28?,46+/m0/s1. The predicted molar refractivity (Wildman–Crippen MR) is 177 cm³/mol. The lowest BCUT2D eigenvalue weighted by molar-refractivity contribution is -0.167. The minimum Gasteiger partial charge on any atom is -0.376 e. The molecule has 3 fully saturated rings. The lowest BCUT2D eigenvalue weighted by Gasteiger charge is -2.42. The van der Waals surface area contributed by atoms with E-state index in [4.69, 9.17) is 20.2 Å². The van der Waals surface area contributed by atoms with Gasteiger partial charge in [0.1, 0.15) is 18.6 Å². The molecule has 0 bridgehead atoms. The number of alkyl halides is 4. The van der Waals surface area contributed by atoms with Crippen molar-refractivity contribution in [2.75, 3.05) is 13.2 Å². The van der Waals surface area contributed by atoms with Crippen LogP contribution in [0.5, 0.6) is 0 Å². The van der Waals surface area contributed by atoms with Crippen LogP contribution in [0.2, 0.25) is 25.7 Å². The van der Waals surface area contributed by atoms with Crippen LogP contribution in [0.3, 0.4) is 0 Å². The highest BCUT2D eigenvalue weighted by molar-refractivity contribution is 7.84. The number of ether oxygens (including phenoxy) is 2. The van der Waals surface area contributed by atoms with E-state index in [-0.39, 0.29) is 50.9 Å². The van der Waals surface area contributed by atoms with Crippen LogP contribution in [0.25, 0.3) is 11.0 Å². The Bertz CT molecular complexity index is 1460. The number of nitrogens with zero attached hydrogens (tertiary/aromatic N) is 2. The average molecular weight is 703 g/mol. The molecule has 3 aliphatic carbocycles. The number of aromatic nitrogens is 2. The number of carbonyl (C=O) groups excluding carboxylic acids is 1. The third kappa shape index (κ3) is 9.03. The maximum absolute atomic E-state index is 13.9. The summed E-state index contributed by atoms with van der Waals surface area (Å²) in [5.74, 6) is -6.91. The number of primary amides is 1. The summed E-state index contributed by atoms with van der Waals surface area (Å²) in [4.78, 5) is 17.7. The van der Waals surface area contributed by atoms with Gasteiger partial charge in [0.2, 0.25) is 11.8 Å². The molecule has 1 amide bonds. The zero-order valence-corrected chi connectivity index (χ0v) is 30.1. The van der Waals surface area contributed by atoms with Crippen LogP contribution in [0, 0.1) is 17.8 Å². The molecule has 3 aliphatic rings. The van der Waals surface area contributed by atoms with E-state index >= 15 is 0 Å². The van der Waals surface area contributed by atoms with Gasteiger partial charge in [-0.15, -0.1) is 0 Å². The van der Waals surface area contributed by atoms with Crippen LogP contribution in [0.1, 0.15) is 82.6 Å². The molecule has 3 N–H and O–H groups in total. The minimum absolute atomic E-state index is 0.0298. The van der Waals surface area contributed by atoms with E-state index in [1.54, 1.807) is 0 Å². The highest BCUT2D eigenvalue weighted by Gasteiger charge is 2.54. The summed E-state index contributed by atoms with van der Waals surface area (Å²) in [5.41, 5.74) is 8.07. The Morgan fingerprint density at radius 2 is 1.74 bits per heavy atom. The smallest absolute Gasteiger partial charge is 0.253 e. The minimum atomic E-state index is -2.77. The van der Waals surface area contributed by atoms with E-state index in [9.17, 15) is 26.6 Å².